The summed E-state index contributed by atoms with van der Waals surface area (Å²) in [5.74, 6) is -37.3. The smallest absolute Gasteiger partial charge is 0.298 e. The lowest BCUT2D eigenvalue weighted by atomic mass is 9.87. The maximum Gasteiger partial charge on any atom is 0.460 e. The predicted octanol–water partition coefficient (Wildman–Crippen LogP) is 7.82. The molecule has 0 aliphatic carbocycles. The van der Waals surface area contributed by atoms with Crippen molar-refractivity contribution in [3.05, 3.63) is 71.8 Å². The van der Waals surface area contributed by atoms with Crippen LogP contribution >= 0.6 is 0 Å². The molecule has 0 aromatic heterocycles. The molecule has 14 heteroatoms. The van der Waals surface area contributed by atoms with Crippen LogP contribution in [0.2, 0.25) is 0 Å². The highest BCUT2D eigenvalue weighted by atomic mass is 19.4. The van der Waals surface area contributed by atoms with Gasteiger partial charge in [0.2, 0.25) is 0 Å². The molecular formula is C21H16F13N. The molecule has 2 aromatic carbocycles. The zero-order valence-corrected chi connectivity index (χ0v) is 17.3. The summed E-state index contributed by atoms with van der Waals surface area (Å²) in [7, 11) is 0. The summed E-state index contributed by atoms with van der Waals surface area (Å²) in [6, 6.07) is 6.97. The fraction of sp³-hybridized carbons (Fsp3) is 0.429. The molecule has 0 aliphatic heterocycles. The van der Waals surface area contributed by atoms with Crippen LogP contribution in [0, 0.1) is 0 Å². The molecule has 0 aliphatic rings. The Kier molecular flexibility index (Phi) is 7.53. The van der Waals surface area contributed by atoms with E-state index in [-0.39, 0.29) is 5.56 Å². The van der Waals surface area contributed by atoms with Gasteiger partial charge >= 0.3 is 35.8 Å². The van der Waals surface area contributed by atoms with Gasteiger partial charge in [0, 0.05) is 6.04 Å². The summed E-state index contributed by atoms with van der Waals surface area (Å²) in [6.07, 6.45) is -7.45. The lowest BCUT2D eigenvalue weighted by molar-refractivity contribution is -0.441. The van der Waals surface area contributed by atoms with Crippen molar-refractivity contribution < 1.29 is 57.1 Å². The number of hydrogen-bond donors (Lipinski definition) is 1. The molecule has 2 aromatic rings. The van der Waals surface area contributed by atoms with Crippen LogP contribution in [0.3, 0.4) is 0 Å². The van der Waals surface area contributed by atoms with Gasteiger partial charge in [-0.3, -0.25) is 5.32 Å². The first-order chi connectivity index (χ1) is 15.7. The molecule has 0 saturated heterocycles. The van der Waals surface area contributed by atoms with Gasteiger partial charge in [-0.25, -0.2) is 0 Å². The average Bonchev–Trinajstić information content (AvgIpc) is 2.77. The second kappa shape index (κ2) is 9.17. The number of benzene rings is 2. The molecule has 0 spiro atoms. The summed E-state index contributed by atoms with van der Waals surface area (Å²) in [5.41, 5.74) is -0.713. The van der Waals surface area contributed by atoms with Crippen LogP contribution in [0.1, 0.15) is 30.1 Å². The molecule has 0 heterocycles. The Morgan fingerprint density at radius 3 is 1.29 bits per heavy atom. The van der Waals surface area contributed by atoms with Gasteiger partial charge in [0.1, 0.15) is 6.04 Å². The van der Waals surface area contributed by atoms with E-state index in [1.807, 2.05) is 5.32 Å². The van der Waals surface area contributed by atoms with E-state index < -0.39 is 53.4 Å². The minimum absolute atomic E-state index is 0.147. The van der Waals surface area contributed by atoms with Gasteiger partial charge in [-0.05, 0) is 18.1 Å². The highest BCUT2D eigenvalue weighted by Crippen LogP contribution is 2.62. The summed E-state index contributed by atoms with van der Waals surface area (Å²) in [6.45, 7) is 1.12. The molecule has 0 amide bonds. The topological polar surface area (TPSA) is 12.0 Å². The Morgan fingerprint density at radius 1 is 0.514 bits per heavy atom. The summed E-state index contributed by atoms with van der Waals surface area (Å²) >= 11 is 0. The van der Waals surface area contributed by atoms with Crippen molar-refractivity contribution in [3.63, 3.8) is 0 Å². The molecule has 35 heavy (non-hydrogen) atoms. The van der Waals surface area contributed by atoms with Crippen molar-refractivity contribution in [2.45, 2.75) is 54.8 Å². The minimum atomic E-state index is -7.95. The van der Waals surface area contributed by atoms with Gasteiger partial charge in [0.25, 0.3) is 0 Å². The summed E-state index contributed by atoms with van der Waals surface area (Å²) in [5, 5.41) is 1.87. The van der Waals surface area contributed by atoms with Gasteiger partial charge in [0.15, 0.2) is 0 Å². The lowest BCUT2D eigenvalue weighted by Gasteiger charge is -2.42. The Balaban J connectivity index is 2.63. The van der Waals surface area contributed by atoms with E-state index in [2.05, 4.69) is 0 Å². The van der Waals surface area contributed by atoms with E-state index in [1.54, 1.807) is 0 Å². The van der Waals surface area contributed by atoms with E-state index in [1.165, 1.54) is 36.4 Å². The van der Waals surface area contributed by atoms with Crippen LogP contribution in [-0.4, -0.2) is 35.8 Å². The zero-order chi connectivity index (χ0) is 27.1. The van der Waals surface area contributed by atoms with Crippen molar-refractivity contribution in [1.82, 2.24) is 5.32 Å². The third-order valence-electron chi connectivity index (χ3n) is 5.17. The predicted molar refractivity (Wildman–Crippen MR) is 98.0 cm³/mol. The van der Waals surface area contributed by atoms with Gasteiger partial charge < -0.3 is 0 Å². The molecule has 0 unspecified atom stereocenters. The fourth-order valence-electron chi connectivity index (χ4n) is 3.11. The van der Waals surface area contributed by atoms with Crippen LogP contribution in [0.5, 0.6) is 0 Å². The second-order valence-electron chi connectivity index (χ2n) is 7.56. The normalized spacial score (nSPS) is 16.2. The fourth-order valence-corrected chi connectivity index (χ4v) is 3.11. The van der Waals surface area contributed by atoms with Crippen LogP contribution in [0.4, 0.5) is 57.1 Å². The molecule has 0 radical (unpaired) electrons. The largest absolute Gasteiger partial charge is 0.460 e. The maximum absolute atomic E-state index is 15.0. The first-order valence-corrected chi connectivity index (χ1v) is 9.55. The molecule has 2 atom stereocenters. The first-order valence-electron chi connectivity index (χ1n) is 9.55. The number of nitrogens with one attached hydrogen (secondary N) is 1. The number of halogens is 13. The number of alkyl halides is 13. The average molecular weight is 529 g/mol. The third-order valence-corrected chi connectivity index (χ3v) is 5.17. The van der Waals surface area contributed by atoms with Gasteiger partial charge in [-0.1, -0.05) is 60.7 Å². The first kappa shape index (κ1) is 28.7. The number of rotatable bonds is 9. The van der Waals surface area contributed by atoms with Crippen molar-refractivity contribution in [3.8, 4) is 0 Å². The Labute approximate surface area is 189 Å². The molecule has 0 saturated carbocycles. The quantitative estimate of drug-likeness (QED) is 0.327. The standard InChI is InChI=1S/C21H16F13N/c1-12(13-8-4-2-5-9-13)35-15(14-10-6-3-7-11-14)16(22,23)17(24,25)18(26,27)19(28,29)20(30,31)21(32,33)34/h2-12,15,35H,1H3/t12-,15-/m0/s1. The van der Waals surface area contributed by atoms with Crippen molar-refractivity contribution >= 4 is 0 Å². The summed E-state index contributed by atoms with van der Waals surface area (Å²) in [4.78, 5) is 0. The van der Waals surface area contributed by atoms with Crippen LogP contribution in [-0.2, 0) is 0 Å². The molecule has 1 N–H and O–H groups in total. The Hall–Kier alpha value is -2.51. The van der Waals surface area contributed by atoms with Gasteiger partial charge in [0.05, 0.1) is 0 Å². The van der Waals surface area contributed by atoms with Crippen molar-refractivity contribution in [1.29, 1.82) is 0 Å². The van der Waals surface area contributed by atoms with Crippen molar-refractivity contribution in [2.24, 2.45) is 0 Å². The zero-order valence-electron chi connectivity index (χ0n) is 17.3. The molecule has 1 nitrogen and oxygen atoms in total. The van der Waals surface area contributed by atoms with E-state index in [0.717, 1.165) is 31.2 Å². The SMILES string of the molecule is C[C@H](N[C@@H](c1ccccc1)C(F)(F)C(F)(F)C(F)(F)C(F)(F)C(F)(F)C(F)(F)F)c1ccccc1. The Bertz CT molecular complexity index is 972. The van der Waals surface area contributed by atoms with Gasteiger partial charge in [-0.2, -0.15) is 57.1 Å². The third kappa shape index (κ3) is 4.68. The Morgan fingerprint density at radius 2 is 0.886 bits per heavy atom. The van der Waals surface area contributed by atoms with Crippen LogP contribution < -0.4 is 5.32 Å². The summed E-state index contributed by atoms with van der Waals surface area (Å²) < 4.78 is 177. The second-order valence-corrected chi connectivity index (χ2v) is 7.56. The lowest BCUT2D eigenvalue weighted by Crippen LogP contribution is -2.71. The number of hydrogen-bond acceptors (Lipinski definition) is 1. The maximum atomic E-state index is 15.0. The van der Waals surface area contributed by atoms with Gasteiger partial charge in [-0.15, -0.1) is 0 Å². The molecular weight excluding hydrogens is 513 g/mol. The molecule has 2 rings (SSSR count). The van der Waals surface area contributed by atoms with E-state index in [4.69, 9.17) is 0 Å². The van der Waals surface area contributed by atoms with Crippen LogP contribution in [0.25, 0.3) is 0 Å². The van der Waals surface area contributed by atoms with E-state index in [9.17, 15) is 57.1 Å². The molecule has 0 bridgehead atoms. The highest BCUT2D eigenvalue weighted by molar-refractivity contribution is 5.26. The highest BCUT2D eigenvalue weighted by Gasteiger charge is 2.91. The van der Waals surface area contributed by atoms with E-state index >= 15 is 0 Å². The van der Waals surface area contributed by atoms with E-state index in [0.29, 0.717) is 0 Å². The van der Waals surface area contributed by atoms with Crippen molar-refractivity contribution in [2.75, 3.05) is 0 Å². The van der Waals surface area contributed by atoms with Crippen LogP contribution in [0.15, 0.2) is 60.7 Å². The minimum Gasteiger partial charge on any atom is -0.298 e. The monoisotopic (exact) mass is 529 g/mol. The molecule has 0 fully saturated rings. The molecule has 196 valence electrons.